The van der Waals surface area contributed by atoms with Gasteiger partial charge in [-0.2, -0.15) is 5.10 Å². The molecule has 1 unspecified atom stereocenters. The Morgan fingerprint density at radius 2 is 2.00 bits per heavy atom. The van der Waals surface area contributed by atoms with E-state index in [9.17, 15) is 0 Å². The number of hydrogen-bond donors (Lipinski definition) is 1. The molecule has 0 saturated carbocycles. The van der Waals surface area contributed by atoms with Crippen molar-refractivity contribution in [3.05, 3.63) is 11.6 Å². The van der Waals surface area contributed by atoms with E-state index in [1.54, 1.807) is 0 Å². The maximum absolute atomic E-state index is 4.54. The third-order valence-corrected chi connectivity index (χ3v) is 2.66. The Balaban J connectivity index is 2.65. The number of nitrogens with one attached hydrogen (secondary N) is 1. The van der Waals surface area contributed by atoms with Crippen LogP contribution in [0.3, 0.4) is 0 Å². The van der Waals surface area contributed by atoms with Gasteiger partial charge in [0.05, 0.1) is 6.04 Å². The summed E-state index contributed by atoms with van der Waals surface area (Å²) in [6.45, 7) is 10.6. The largest absolute Gasteiger partial charge is 0.315 e. The second-order valence-electron chi connectivity index (χ2n) is 4.15. The molecule has 0 bridgehead atoms. The van der Waals surface area contributed by atoms with Crippen molar-refractivity contribution in [2.45, 2.75) is 53.0 Å². The lowest BCUT2D eigenvalue weighted by Gasteiger charge is -2.14. The van der Waals surface area contributed by atoms with Gasteiger partial charge in [0, 0.05) is 19.4 Å². The molecule has 4 nitrogen and oxygen atoms in total. The molecule has 1 rings (SSSR count). The van der Waals surface area contributed by atoms with Crippen LogP contribution in [0.15, 0.2) is 0 Å². The van der Waals surface area contributed by atoms with Crippen LogP contribution in [0.2, 0.25) is 0 Å². The van der Waals surface area contributed by atoms with Crippen molar-refractivity contribution >= 4 is 0 Å². The molecule has 1 N–H and O–H groups in total. The van der Waals surface area contributed by atoms with Gasteiger partial charge < -0.3 is 5.32 Å². The third kappa shape index (κ3) is 3.30. The Morgan fingerprint density at radius 3 is 2.56 bits per heavy atom. The molecule has 16 heavy (non-hydrogen) atoms. The molecule has 0 amide bonds. The van der Waals surface area contributed by atoms with E-state index in [1.165, 1.54) is 6.42 Å². The normalized spacial score (nSPS) is 13.0. The van der Waals surface area contributed by atoms with Gasteiger partial charge in [-0.25, -0.2) is 9.67 Å². The molecular formula is C12H24N4. The summed E-state index contributed by atoms with van der Waals surface area (Å²) in [5, 5.41) is 7.97. The van der Waals surface area contributed by atoms with Crippen molar-refractivity contribution in [3.8, 4) is 0 Å². The summed E-state index contributed by atoms with van der Waals surface area (Å²) >= 11 is 0. The van der Waals surface area contributed by atoms with Gasteiger partial charge in [0.25, 0.3) is 0 Å². The standard InChI is InChI=1S/C12H24N4/c1-5-8-13-9-10(4)16-12(7-3)14-11(6-2)15-16/h10,13H,5-9H2,1-4H3. The zero-order valence-corrected chi connectivity index (χ0v) is 11.0. The van der Waals surface area contributed by atoms with Gasteiger partial charge in [-0.05, 0) is 19.9 Å². The number of nitrogens with zero attached hydrogens (tertiary/aromatic N) is 3. The fourth-order valence-corrected chi connectivity index (χ4v) is 1.72. The van der Waals surface area contributed by atoms with Crippen LogP contribution in [-0.2, 0) is 12.8 Å². The van der Waals surface area contributed by atoms with Crippen molar-refractivity contribution in [1.82, 2.24) is 20.1 Å². The molecule has 0 aliphatic carbocycles. The highest BCUT2D eigenvalue weighted by Crippen LogP contribution is 2.08. The Bertz CT molecular complexity index is 306. The molecule has 1 atom stereocenters. The van der Waals surface area contributed by atoms with Gasteiger partial charge in [-0.1, -0.05) is 20.8 Å². The quantitative estimate of drug-likeness (QED) is 0.720. The minimum absolute atomic E-state index is 0.384. The molecule has 0 aliphatic rings. The highest BCUT2D eigenvalue weighted by Gasteiger charge is 2.12. The number of rotatable bonds is 7. The molecule has 0 spiro atoms. The smallest absolute Gasteiger partial charge is 0.150 e. The highest BCUT2D eigenvalue weighted by molar-refractivity contribution is 4.94. The van der Waals surface area contributed by atoms with Crippen LogP contribution in [0, 0.1) is 0 Å². The lowest BCUT2D eigenvalue weighted by atomic mass is 10.3. The molecule has 0 fully saturated rings. The maximum atomic E-state index is 4.54. The first-order chi connectivity index (χ1) is 7.72. The lowest BCUT2D eigenvalue weighted by Crippen LogP contribution is -2.25. The van der Waals surface area contributed by atoms with Gasteiger partial charge in [0.2, 0.25) is 0 Å². The van der Waals surface area contributed by atoms with Crippen LogP contribution in [0.4, 0.5) is 0 Å². The molecular weight excluding hydrogens is 200 g/mol. The first kappa shape index (κ1) is 13.2. The SMILES string of the molecule is CCCNCC(C)n1nc(CC)nc1CC. The average molecular weight is 224 g/mol. The number of aromatic nitrogens is 3. The van der Waals surface area contributed by atoms with Gasteiger partial charge in [0.15, 0.2) is 5.82 Å². The second kappa shape index (κ2) is 6.63. The Labute approximate surface area is 98.5 Å². The van der Waals surface area contributed by atoms with E-state index in [4.69, 9.17) is 0 Å². The summed E-state index contributed by atoms with van der Waals surface area (Å²) in [4.78, 5) is 4.52. The summed E-state index contributed by atoms with van der Waals surface area (Å²) < 4.78 is 2.07. The third-order valence-electron chi connectivity index (χ3n) is 2.66. The fourth-order valence-electron chi connectivity index (χ4n) is 1.72. The van der Waals surface area contributed by atoms with Crippen molar-refractivity contribution in [2.75, 3.05) is 13.1 Å². The van der Waals surface area contributed by atoms with Gasteiger partial charge >= 0.3 is 0 Å². The van der Waals surface area contributed by atoms with E-state index in [-0.39, 0.29) is 0 Å². The van der Waals surface area contributed by atoms with Crippen LogP contribution in [0.25, 0.3) is 0 Å². The molecule has 1 aromatic heterocycles. The zero-order chi connectivity index (χ0) is 12.0. The predicted octanol–water partition coefficient (Wildman–Crippen LogP) is 1.96. The van der Waals surface area contributed by atoms with Crippen LogP contribution in [0.5, 0.6) is 0 Å². The van der Waals surface area contributed by atoms with Gasteiger partial charge in [-0.15, -0.1) is 0 Å². The first-order valence-electron chi connectivity index (χ1n) is 6.37. The molecule has 92 valence electrons. The Kier molecular flexibility index (Phi) is 5.46. The summed E-state index contributed by atoms with van der Waals surface area (Å²) in [6.07, 6.45) is 3.03. The topological polar surface area (TPSA) is 42.7 Å². The molecule has 1 aromatic rings. The van der Waals surface area contributed by atoms with E-state index in [1.807, 2.05) is 0 Å². The number of aryl methyl sites for hydroxylation is 2. The monoisotopic (exact) mass is 224 g/mol. The van der Waals surface area contributed by atoms with E-state index in [0.29, 0.717) is 6.04 Å². The van der Waals surface area contributed by atoms with Gasteiger partial charge in [0.1, 0.15) is 5.82 Å². The van der Waals surface area contributed by atoms with E-state index in [2.05, 4.69) is 47.8 Å². The van der Waals surface area contributed by atoms with E-state index in [0.717, 1.165) is 37.6 Å². The predicted molar refractivity (Wildman–Crippen MR) is 66.6 cm³/mol. The minimum atomic E-state index is 0.384. The lowest BCUT2D eigenvalue weighted by molar-refractivity contribution is 0.437. The molecule has 0 radical (unpaired) electrons. The van der Waals surface area contributed by atoms with Crippen LogP contribution >= 0.6 is 0 Å². The molecule has 4 heteroatoms. The Morgan fingerprint density at radius 1 is 1.25 bits per heavy atom. The van der Waals surface area contributed by atoms with Crippen molar-refractivity contribution in [2.24, 2.45) is 0 Å². The summed E-state index contributed by atoms with van der Waals surface area (Å²) in [6, 6.07) is 0.384. The van der Waals surface area contributed by atoms with Crippen LogP contribution in [-0.4, -0.2) is 27.9 Å². The van der Waals surface area contributed by atoms with Crippen LogP contribution in [0.1, 0.15) is 51.8 Å². The average Bonchev–Trinajstić information content (AvgIpc) is 2.72. The molecule has 0 aromatic carbocycles. The highest BCUT2D eigenvalue weighted by atomic mass is 15.4. The Hall–Kier alpha value is -0.900. The van der Waals surface area contributed by atoms with Crippen molar-refractivity contribution in [1.29, 1.82) is 0 Å². The maximum Gasteiger partial charge on any atom is 0.150 e. The molecule has 0 aliphatic heterocycles. The van der Waals surface area contributed by atoms with E-state index >= 15 is 0 Å². The fraction of sp³-hybridized carbons (Fsp3) is 0.833. The van der Waals surface area contributed by atoms with Crippen LogP contribution < -0.4 is 5.32 Å². The molecule has 0 saturated heterocycles. The minimum Gasteiger partial charge on any atom is -0.315 e. The summed E-state index contributed by atoms with van der Waals surface area (Å²) in [5.74, 6) is 2.06. The van der Waals surface area contributed by atoms with Gasteiger partial charge in [-0.3, -0.25) is 0 Å². The van der Waals surface area contributed by atoms with E-state index < -0.39 is 0 Å². The zero-order valence-electron chi connectivity index (χ0n) is 11.0. The first-order valence-corrected chi connectivity index (χ1v) is 6.37. The summed E-state index contributed by atoms with van der Waals surface area (Å²) in [7, 11) is 0. The number of hydrogen-bond acceptors (Lipinski definition) is 3. The van der Waals surface area contributed by atoms with Crippen molar-refractivity contribution < 1.29 is 0 Å². The second-order valence-corrected chi connectivity index (χ2v) is 4.15. The summed E-state index contributed by atoms with van der Waals surface area (Å²) in [5.41, 5.74) is 0. The van der Waals surface area contributed by atoms with Crippen molar-refractivity contribution in [3.63, 3.8) is 0 Å². The molecule has 1 heterocycles.